The summed E-state index contributed by atoms with van der Waals surface area (Å²) in [4.78, 5) is 0.356. The van der Waals surface area contributed by atoms with Gasteiger partial charge in [0.1, 0.15) is 0 Å². The van der Waals surface area contributed by atoms with Gasteiger partial charge in [0.05, 0.1) is 4.90 Å². The lowest BCUT2D eigenvalue weighted by Gasteiger charge is -2.16. The summed E-state index contributed by atoms with van der Waals surface area (Å²) in [6.45, 7) is 3.08. The van der Waals surface area contributed by atoms with Gasteiger partial charge in [-0.2, -0.15) is 4.31 Å². The van der Waals surface area contributed by atoms with Crippen LogP contribution in [0.25, 0.3) is 0 Å². The lowest BCUT2D eigenvalue weighted by atomic mass is 9.99. The molecule has 0 amide bonds. The summed E-state index contributed by atoms with van der Waals surface area (Å²) >= 11 is 0. The van der Waals surface area contributed by atoms with Crippen molar-refractivity contribution in [3.8, 4) is 0 Å². The zero-order valence-corrected chi connectivity index (χ0v) is 11.4. The molecule has 2 atom stereocenters. The third kappa shape index (κ3) is 2.58. The lowest BCUT2D eigenvalue weighted by molar-refractivity contribution is 0.439. The van der Waals surface area contributed by atoms with E-state index in [0.717, 1.165) is 12.8 Å². The second-order valence-corrected chi connectivity index (χ2v) is 6.79. The number of nitrogens with two attached hydrogens (primary N) is 1. The first-order valence-corrected chi connectivity index (χ1v) is 7.80. The molecule has 5 heteroatoms. The average Bonchev–Trinajstić information content (AvgIpc) is 2.73. The second-order valence-electron chi connectivity index (χ2n) is 4.85. The van der Waals surface area contributed by atoms with Crippen molar-refractivity contribution in [2.75, 3.05) is 13.1 Å². The highest BCUT2D eigenvalue weighted by molar-refractivity contribution is 7.89. The molecule has 2 rings (SSSR count). The first-order chi connectivity index (χ1) is 8.55. The van der Waals surface area contributed by atoms with Crippen LogP contribution in [-0.2, 0) is 10.0 Å². The summed E-state index contributed by atoms with van der Waals surface area (Å²) in [5.41, 5.74) is 6.02. The van der Waals surface area contributed by atoms with Gasteiger partial charge in [0.15, 0.2) is 0 Å². The number of rotatable bonds is 4. The predicted octanol–water partition coefficient (Wildman–Crippen LogP) is 1.43. The fourth-order valence-electron chi connectivity index (χ4n) is 2.47. The molecule has 18 heavy (non-hydrogen) atoms. The molecule has 0 aromatic heterocycles. The van der Waals surface area contributed by atoms with Gasteiger partial charge >= 0.3 is 0 Å². The molecular formula is C13H20N2O2S. The summed E-state index contributed by atoms with van der Waals surface area (Å²) in [6.07, 6.45) is 2.03. The van der Waals surface area contributed by atoms with Gasteiger partial charge in [-0.1, -0.05) is 31.5 Å². The van der Waals surface area contributed by atoms with Crippen molar-refractivity contribution in [2.45, 2.75) is 30.7 Å². The highest BCUT2D eigenvalue weighted by Crippen LogP contribution is 2.26. The van der Waals surface area contributed by atoms with Crippen LogP contribution in [0, 0.1) is 5.92 Å². The summed E-state index contributed by atoms with van der Waals surface area (Å²) < 4.78 is 26.3. The molecule has 1 aliphatic heterocycles. The SMILES string of the molecule is CCC[C@H]1CN(S(=O)(=O)c2ccccc2)C[C@@H]1N. The zero-order valence-electron chi connectivity index (χ0n) is 10.6. The van der Waals surface area contributed by atoms with Crippen LogP contribution in [0.5, 0.6) is 0 Å². The Kier molecular flexibility index (Phi) is 4.04. The summed E-state index contributed by atoms with van der Waals surface area (Å²) in [7, 11) is -3.37. The Morgan fingerprint density at radius 1 is 1.28 bits per heavy atom. The third-order valence-electron chi connectivity index (χ3n) is 3.50. The van der Waals surface area contributed by atoms with Crippen molar-refractivity contribution in [3.05, 3.63) is 30.3 Å². The topological polar surface area (TPSA) is 63.4 Å². The van der Waals surface area contributed by atoms with E-state index in [1.807, 2.05) is 6.07 Å². The molecule has 0 spiro atoms. The Hall–Kier alpha value is -0.910. The van der Waals surface area contributed by atoms with Crippen molar-refractivity contribution in [1.82, 2.24) is 4.31 Å². The van der Waals surface area contributed by atoms with Crippen molar-refractivity contribution < 1.29 is 8.42 Å². The fourth-order valence-corrected chi connectivity index (χ4v) is 4.02. The van der Waals surface area contributed by atoms with Crippen molar-refractivity contribution >= 4 is 10.0 Å². The van der Waals surface area contributed by atoms with E-state index in [2.05, 4.69) is 6.92 Å². The maximum absolute atomic E-state index is 12.4. The van der Waals surface area contributed by atoms with E-state index in [9.17, 15) is 8.42 Å². The Bertz CT molecular complexity index is 487. The highest BCUT2D eigenvalue weighted by Gasteiger charge is 2.36. The minimum absolute atomic E-state index is 0.0385. The smallest absolute Gasteiger partial charge is 0.243 e. The van der Waals surface area contributed by atoms with E-state index in [1.54, 1.807) is 24.3 Å². The standard InChI is InChI=1S/C13H20N2O2S/c1-2-6-11-9-15(10-13(11)14)18(16,17)12-7-4-3-5-8-12/h3-5,7-8,11,13H,2,6,9-10,14H2,1H3/t11-,13-/m0/s1. The number of hydrogen-bond acceptors (Lipinski definition) is 3. The van der Waals surface area contributed by atoms with E-state index >= 15 is 0 Å². The minimum atomic E-state index is -3.37. The third-order valence-corrected chi connectivity index (χ3v) is 5.34. The summed E-state index contributed by atoms with van der Waals surface area (Å²) in [5.74, 6) is 0.286. The maximum atomic E-state index is 12.4. The Morgan fingerprint density at radius 2 is 1.94 bits per heavy atom. The van der Waals surface area contributed by atoms with Crippen molar-refractivity contribution in [3.63, 3.8) is 0 Å². The molecule has 1 saturated heterocycles. The van der Waals surface area contributed by atoms with Crippen LogP contribution in [0.3, 0.4) is 0 Å². The molecular weight excluding hydrogens is 248 g/mol. The summed E-state index contributed by atoms with van der Waals surface area (Å²) in [6, 6.07) is 8.53. The van der Waals surface area contributed by atoms with Crippen LogP contribution in [0.1, 0.15) is 19.8 Å². The van der Waals surface area contributed by atoms with Gasteiger partial charge in [0.25, 0.3) is 0 Å². The zero-order chi connectivity index (χ0) is 13.2. The van der Waals surface area contributed by atoms with Crippen LogP contribution >= 0.6 is 0 Å². The molecule has 0 unspecified atom stereocenters. The monoisotopic (exact) mass is 268 g/mol. The summed E-state index contributed by atoms with van der Waals surface area (Å²) in [5, 5.41) is 0. The van der Waals surface area contributed by atoms with Gasteiger partial charge in [-0.25, -0.2) is 8.42 Å². The van der Waals surface area contributed by atoms with Crippen LogP contribution in [0.4, 0.5) is 0 Å². The first-order valence-electron chi connectivity index (χ1n) is 6.36. The van der Waals surface area contributed by atoms with Crippen molar-refractivity contribution in [1.29, 1.82) is 0 Å². The van der Waals surface area contributed by atoms with E-state index in [-0.39, 0.29) is 12.0 Å². The highest BCUT2D eigenvalue weighted by atomic mass is 32.2. The van der Waals surface area contributed by atoms with E-state index in [0.29, 0.717) is 18.0 Å². The molecule has 100 valence electrons. The van der Waals surface area contributed by atoms with Crippen molar-refractivity contribution in [2.24, 2.45) is 11.7 Å². The molecule has 0 aliphatic carbocycles. The number of nitrogens with zero attached hydrogens (tertiary/aromatic N) is 1. The Morgan fingerprint density at radius 3 is 2.56 bits per heavy atom. The van der Waals surface area contributed by atoms with Gasteiger partial charge in [-0.15, -0.1) is 0 Å². The number of hydrogen-bond donors (Lipinski definition) is 1. The van der Waals surface area contributed by atoms with Crippen LogP contribution in [0.2, 0.25) is 0 Å². The quantitative estimate of drug-likeness (QED) is 0.898. The van der Waals surface area contributed by atoms with E-state index in [1.165, 1.54) is 4.31 Å². The van der Waals surface area contributed by atoms with E-state index < -0.39 is 10.0 Å². The van der Waals surface area contributed by atoms with Gasteiger partial charge in [-0.3, -0.25) is 0 Å². The molecule has 1 fully saturated rings. The molecule has 1 aliphatic rings. The van der Waals surface area contributed by atoms with Crippen LogP contribution in [0.15, 0.2) is 35.2 Å². The van der Waals surface area contributed by atoms with Gasteiger partial charge in [-0.05, 0) is 24.5 Å². The molecule has 0 saturated carbocycles. The molecule has 1 aromatic carbocycles. The Balaban J connectivity index is 2.18. The molecule has 1 heterocycles. The van der Waals surface area contributed by atoms with Crippen LogP contribution in [-0.4, -0.2) is 31.9 Å². The normalized spacial score (nSPS) is 25.4. The van der Waals surface area contributed by atoms with E-state index in [4.69, 9.17) is 5.73 Å². The van der Waals surface area contributed by atoms with Gasteiger partial charge in [0, 0.05) is 19.1 Å². The number of benzene rings is 1. The average molecular weight is 268 g/mol. The van der Waals surface area contributed by atoms with Gasteiger partial charge in [0.2, 0.25) is 10.0 Å². The molecule has 0 radical (unpaired) electrons. The number of sulfonamides is 1. The molecule has 1 aromatic rings. The maximum Gasteiger partial charge on any atom is 0.243 e. The second kappa shape index (κ2) is 5.38. The Labute approximate surface area is 109 Å². The molecule has 2 N–H and O–H groups in total. The van der Waals surface area contributed by atoms with Crippen LogP contribution < -0.4 is 5.73 Å². The minimum Gasteiger partial charge on any atom is -0.326 e. The molecule has 0 bridgehead atoms. The first kappa shape index (κ1) is 13.5. The largest absolute Gasteiger partial charge is 0.326 e. The fraction of sp³-hybridized carbons (Fsp3) is 0.538. The lowest BCUT2D eigenvalue weighted by Crippen LogP contribution is -2.32. The molecule has 4 nitrogen and oxygen atoms in total. The van der Waals surface area contributed by atoms with Gasteiger partial charge < -0.3 is 5.73 Å². The predicted molar refractivity (Wildman–Crippen MR) is 71.6 cm³/mol.